The van der Waals surface area contributed by atoms with Crippen LogP contribution in [0.1, 0.15) is 17.9 Å². The number of imidazole rings is 1. The molecule has 0 amide bonds. The number of nitrogens with zero attached hydrogens (tertiary/aromatic N) is 3. The fraction of sp³-hybridized carbons (Fsp3) is 0.133. The number of rotatable bonds is 2. The van der Waals surface area contributed by atoms with Gasteiger partial charge in [-0.1, -0.05) is 11.3 Å². The molecule has 4 rings (SSSR count). The minimum absolute atomic E-state index is 0.0153. The van der Waals surface area contributed by atoms with Gasteiger partial charge in [-0.05, 0) is 30.3 Å². The zero-order valence-corrected chi connectivity index (χ0v) is 13.3. The summed E-state index contributed by atoms with van der Waals surface area (Å²) in [5.41, 5.74) is -0.675. The molecule has 0 radical (unpaired) electrons. The molecular formula is C15H7F5N4OS. The third kappa shape index (κ3) is 2.64. The number of H-pyrrole nitrogens is 1. The molecule has 0 saturated heterocycles. The number of pyridine rings is 1. The van der Waals surface area contributed by atoms with Gasteiger partial charge in [0.05, 0.1) is 15.9 Å². The normalized spacial score (nSPS) is 12.5. The summed E-state index contributed by atoms with van der Waals surface area (Å²) < 4.78 is 67.3. The maximum atomic E-state index is 13.4. The Bertz CT molecular complexity index is 1190. The SMILES string of the molecule is O=c1[nH]c2ccc(-n3c(C(F)(F)F)nc4ccc(C(F)F)nc43)cc2s1. The molecule has 0 fully saturated rings. The lowest BCUT2D eigenvalue weighted by Crippen LogP contribution is -2.14. The van der Waals surface area contributed by atoms with Crippen LogP contribution in [-0.4, -0.2) is 19.5 Å². The Morgan fingerprint density at radius 3 is 2.58 bits per heavy atom. The maximum Gasteiger partial charge on any atom is 0.450 e. The average Bonchev–Trinajstić information content (AvgIpc) is 3.12. The first kappa shape index (κ1) is 16.6. The van der Waals surface area contributed by atoms with E-state index in [9.17, 15) is 26.7 Å². The van der Waals surface area contributed by atoms with Crippen molar-refractivity contribution >= 4 is 32.7 Å². The van der Waals surface area contributed by atoms with Gasteiger partial charge in [0.2, 0.25) is 5.82 Å². The van der Waals surface area contributed by atoms with Crippen molar-refractivity contribution in [3.63, 3.8) is 0 Å². The fourth-order valence-electron chi connectivity index (χ4n) is 2.60. The van der Waals surface area contributed by atoms with Crippen LogP contribution in [0, 0.1) is 0 Å². The summed E-state index contributed by atoms with van der Waals surface area (Å²) in [4.78, 5) is 20.8. The van der Waals surface area contributed by atoms with Gasteiger partial charge in [0, 0.05) is 0 Å². The highest BCUT2D eigenvalue weighted by Gasteiger charge is 2.38. The second-order valence-electron chi connectivity index (χ2n) is 5.34. The van der Waals surface area contributed by atoms with E-state index in [1.54, 1.807) is 0 Å². The highest BCUT2D eigenvalue weighted by atomic mass is 32.1. The highest BCUT2D eigenvalue weighted by molar-refractivity contribution is 7.16. The Labute approximate surface area is 144 Å². The van der Waals surface area contributed by atoms with Gasteiger partial charge in [-0.15, -0.1) is 0 Å². The average molecular weight is 386 g/mol. The molecule has 0 bridgehead atoms. The molecule has 0 aliphatic rings. The maximum absolute atomic E-state index is 13.4. The third-order valence-corrected chi connectivity index (χ3v) is 4.51. The van der Waals surface area contributed by atoms with Crippen molar-refractivity contribution in [3.8, 4) is 5.69 Å². The second-order valence-corrected chi connectivity index (χ2v) is 6.36. The van der Waals surface area contributed by atoms with E-state index in [1.165, 1.54) is 18.2 Å². The van der Waals surface area contributed by atoms with Crippen molar-refractivity contribution in [1.29, 1.82) is 0 Å². The summed E-state index contributed by atoms with van der Waals surface area (Å²) >= 11 is 0.824. The third-order valence-electron chi connectivity index (χ3n) is 3.67. The number of aromatic amines is 1. The Morgan fingerprint density at radius 1 is 1.12 bits per heavy atom. The largest absolute Gasteiger partial charge is 0.450 e. The summed E-state index contributed by atoms with van der Waals surface area (Å²) in [6.45, 7) is 0. The topological polar surface area (TPSA) is 63.6 Å². The number of halogens is 5. The van der Waals surface area contributed by atoms with E-state index in [0.29, 0.717) is 14.8 Å². The van der Waals surface area contributed by atoms with Crippen LogP contribution in [-0.2, 0) is 6.18 Å². The number of aromatic nitrogens is 4. The summed E-state index contributed by atoms with van der Waals surface area (Å²) in [5.74, 6) is -1.28. The highest BCUT2D eigenvalue weighted by Crippen LogP contribution is 2.34. The Hall–Kier alpha value is -2.82. The minimum atomic E-state index is -4.83. The molecule has 134 valence electrons. The van der Waals surface area contributed by atoms with Crippen molar-refractivity contribution in [2.45, 2.75) is 12.6 Å². The van der Waals surface area contributed by atoms with Gasteiger partial charge in [-0.2, -0.15) is 13.2 Å². The zero-order valence-electron chi connectivity index (χ0n) is 12.5. The van der Waals surface area contributed by atoms with E-state index in [0.717, 1.165) is 23.5 Å². The summed E-state index contributed by atoms with van der Waals surface area (Å²) in [7, 11) is 0. The lowest BCUT2D eigenvalue weighted by Gasteiger charge is -2.11. The van der Waals surface area contributed by atoms with Crippen molar-refractivity contribution in [2.24, 2.45) is 0 Å². The molecule has 1 aromatic carbocycles. The molecule has 0 unspecified atom stereocenters. The van der Waals surface area contributed by atoms with Gasteiger partial charge in [-0.3, -0.25) is 9.36 Å². The molecule has 0 aliphatic carbocycles. The van der Waals surface area contributed by atoms with Crippen LogP contribution in [0.5, 0.6) is 0 Å². The summed E-state index contributed by atoms with van der Waals surface area (Å²) in [6, 6.07) is 6.13. The number of alkyl halides is 5. The number of thiazole rings is 1. The van der Waals surface area contributed by atoms with Crippen LogP contribution in [0.4, 0.5) is 22.0 Å². The number of hydrogen-bond donors (Lipinski definition) is 1. The molecule has 3 heterocycles. The first-order valence-corrected chi connectivity index (χ1v) is 7.93. The molecular weight excluding hydrogens is 379 g/mol. The quantitative estimate of drug-likeness (QED) is 0.523. The monoisotopic (exact) mass is 386 g/mol. The number of nitrogens with one attached hydrogen (secondary N) is 1. The lowest BCUT2D eigenvalue weighted by molar-refractivity contribution is -0.145. The van der Waals surface area contributed by atoms with Crippen LogP contribution in [0.25, 0.3) is 27.1 Å². The first-order chi connectivity index (χ1) is 12.2. The smallest absolute Gasteiger partial charge is 0.312 e. The molecule has 11 heteroatoms. The van der Waals surface area contributed by atoms with E-state index in [2.05, 4.69) is 15.0 Å². The molecule has 26 heavy (non-hydrogen) atoms. The van der Waals surface area contributed by atoms with E-state index in [4.69, 9.17) is 0 Å². The Kier molecular flexibility index (Phi) is 3.58. The van der Waals surface area contributed by atoms with Crippen LogP contribution in [0.2, 0.25) is 0 Å². The minimum Gasteiger partial charge on any atom is -0.312 e. The Morgan fingerprint density at radius 2 is 1.88 bits per heavy atom. The van der Waals surface area contributed by atoms with Gasteiger partial charge in [0.15, 0.2) is 5.65 Å². The first-order valence-electron chi connectivity index (χ1n) is 7.12. The molecule has 4 aromatic rings. The van der Waals surface area contributed by atoms with E-state index < -0.39 is 24.1 Å². The molecule has 3 aromatic heterocycles. The van der Waals surface area contributed by atoms with Crippen molar-refractivity contribution in [3.05, 3.63) is 51.5 Å². The molecule has 0 spiro atoms. The van der Waals surface area contributed by atoms with Gasteiger partial charge < -0.3 is 4.98 Å². The Balaban J connectivity index is 2.06. The second kappa shape index (κ2) is 5.59. The van der Waals surface area contributed by atoms with Gasteiger partial charge in [0.1, 0.15) is 11.2 Å². The molecule has 0 saturated carbocycles. The van der Waals surface area contributed by atoms with Gasteiger partial charge >= 0.3 is 11.0 Å². The molecule has 1 N–H and O–H groups in total. The molecule has 5 nitrogen and oxygen atoms in total. The molecule has 0 atom stereocenters. The number of hydrogen-bond acceptors (Lipinski definition) is 4. The summed E-state index contributed by atoms with van der Waals surface area (Å²) in [5, 5.41) is 0. The van der Waals surface area contributed by atoms with Crippen LogP contribution < -0.4 is 4.87 Å². The van der Waals surface area contributed by atoms with Crippen molar-refractivity contribution < 1.29 is 22.0 Å². The van der Waals surface area contributed by atoms with Crippen LogP contribution >= 0.6 is 11.3 Å². The molecule has 0 aliphatic heterocycles. The number of benzene rings is 1. The van der Waals surface area contributed by atoms with Gasteiger partial charge in [0.25, 0.3) is 6.43 Å². The van der Waals surface area contributed by atoms with Crippen LogP contribution in [0.3, 0.4) is 0 Å². The van der Waals surface area contributed by atoms with Crippen LogP contribution in [0.15, 0.2) is 35.1 Å². The van der Waals surface area contributed by atoms with Crippen molar-refractivity contribution in [1.82, 2.24) is 19.5 Å². The lowest BCUT2D eigenvalue weighted by atomic mass is 10.3. The number of fused-ring (bicyclic) bond motifs is 2. The zero-order chi connectivity index (χ0) is 18.6. The summed E-state index contributed by atoms with van der Waals surface area (Å²) in [6.07, 6.45) is -7.76. The van der Waals surface area contributed by atoms with E-state index in [1.807, 2.05) is 0 Å². The van der Waals surface area contributed by atoms with E-state index in [-0.39, 0.29) is 21.7 Å². The van der Waals surface area contributed by atoms with Crippen molar-refractivity contribution in [2.75, 3.05) is 0 Å². The fourth-order valence-corrected chi connectivity index (χ4v) is 3.37. The predicted molar refractivity (Wildman–Crippen MR) is 84.8 cm³/mol. The standard InChI is InChI=1S/C15H7F5N4OS/c16-11(17)8-3-4-9-12(21-8)24(13(22-9)15(18,19)20)6-1-2-7-10(5-6)26-14(25)23-7/h1-5,11H,(H,23,25). The van der Waals surface area contributed by atoms with Gasteiger partial charge in [-0.25, -0.2) is 18.7 Å². The van der Waals surface area contributed by atoms with E-state index >= 15 is 0 Å². The predicted octanol–water partition coefficient (Wildman–Crippen LogP) is 4.28.